The monoisotopic (exact) mass is 555 g/mol. The Morgan fingerprint density at radius 1 is 0.902 bits per heavy atom. The van der Waals surface area contributed by atoms with Gasteiger partial charge in [0.2, 0.25) is 6.79 Å². The van der Waals surface area contributed by atoms with E-state index in [1.165, 1.54) is 6.42 Å². The first-order valence-electron chi connectivity index (χ1n) is 14.7. The number of ether oxygens (including phenoxy) is 2. The number of hydrogen-bond acceptors (Lipinski definition) is 5. The quantitative estimate of drug-likeness (QED) is 0.342. The topological polar surface area (TPSA) is 71.1 Å². The summed E-state index contributed by atoms with van der Waals surface area (Å²) in [5, 5.41) is 2.98. The molecule has 0 radical (unpaired) electrons. The molecule has 0 aromatic heterocycles. The zero-order valence-corrected chi connectivity index (χ0v) is 24.4. The number of amides is 2. The van der Waals surface area contributed by atoms with Gasteiger partial charge in [0.25, 0.3) is 11.8 Å². The summed E-state index contributed by atoms with van der Waals surface area (Å²) >= 11 is 0. The molecule has 2 amide bonds. The zero-order valence-electron chi connectivity index (χ0n) is 24.4. The van der Waals surface area contributed by atoms with E-state index in [-0.39, 0.29) is 24.6 Å². The highest BCUT2D eigenvalue weighted by Crippen LogP contribution is 2.32. The van der Waals surface area contributed by atoms with E-state index < -0.39 is 0 Å². The van der Waals surface area contributed by atoms with E-state index in [0.717, 1.165) is 60.5 Å². The highest BCUT2D eigenvalue weighted by atomic mass is 16.7. The van der Waals surface area contributed by atoms with Crippen LogP contribution in [-0.4, -0.2) is 54.1 Å². The molecule has 0 unspecified atom stereocenters. The van der Waals surface area contributed by atoms with E-state index in [2.05, 4.69) is 24.1 Å². The Balaban J connectivity index is 1.23. The molecule has 0 atom stereocenters. The maximum Gasteiger partial charge on any atom is 0.254 e. The molecular formula is C34H41N3O4. The zero-order chi connectivity index (χ0) is 28.8. The second kappa shape index (κ2) is 13.2. The van der Waals surface area contributed by atoms with Crippen molar-refractivity contribution in [3.8, 4) is 11.5 Å². The van der Waals surface area contributed by atoms with Gasteiger partial charge >= 0.3 is 0 Å². The van der Waals surface area contributed by atoms with E-state index in [1.54, 1.807) is 0 Å². The minimum absolute atomic E-state index is 0.0659. The van der Waals surface area contributed by atoms with Crippen molar-refractivity contribution in [3.63, 3.8) is 0 Å². The lowest BCUT2D eigenvalue weighted by molar-refractivity contribution is 0.0546. The molecule has 0 aliphatic carbocycles. The number of fused-ring (bicyclic) bond motifs is 1. The van der Waals surface area contributed by atoms with Crippen LogP contribution in [0, 0.1) is 12.8 Å². The molecule has 216 valence electrons. The number of nitrogens with zero attached hydrogens (tertiary/aromatic N) is 2. The third-order valence-corrected chi connectivity index (χ3v) is 8.04. The first-order valence-corrected chi connectivity index (χ1v) is 14.7. The maximum atomic E-state index is 13.8. The van der Waals surface area contributed by atoms with Crippen LogP contribution >= 0.6 is 0 Å². The number of aryl methyl sites for hydroxylation is 1. The van der Waals surface area contributed by atoms with Gasteiger partial charge in [-0.05, 0) is 86.2 Å². The fourth-order valence-electron chi connectivity index (χ4n) is 5.42. The van der Waals surface area contributed by atoms with Gasteiger partial charge in [-0.2, -0.15) is 0 Å². The molecule has 1 fully saturated rings. The normalized spacial score (nSPS) is 15.2. The Morgan fingerprint density at radius 3 is 2.27 bits per heavy atom. The van der Waals surface area contributed by atoms with Crippen LogP contribution in [-0.2, 0) is 13.1 Å². The smallest absolute Gasteiger partial charge is 0.254 e. The molecule has 41 heavy (non-hydrogen) atoms. The highest BCUT2D eigenvalue weighted by Gasteiger charge is 2.29. The summed E-state index contributed by atoms with van der Waals surface area (Å²) in [6.45, 7) is 10.8. The van der Waals surface area contributed by atoms with Crippen LogP contribution in [0.4, 0.5) is 0 Å². The molecule has 7 heteroatoms. The van der Waals surface area contributed by atoms with Crippen molar-refractivity contribution in [2.45, 2.75) is 59.2 Å². The minimum atomic E-state index is -0.143. The van der Waals surface area contributed by atoms with E-state index in [0.29, 0.717) is 30.3 Å². The molecule has 1 saturated heterocycles. The lowest BCUT2D eigenvalue weighted by Gasteiger charge is -2.39. The summed E-state index contributed by atoms with van der Waals surface area (Å²) in [6.07, 6.45) is 3.14. The van der Waals surface area contributed by atoms with Crippen LogP contribution in [0.5, 0.6) is 11.5 Å². The van der Waals surface area contributed by atoms with Gasteiger partial charge in [0.05, 0.1) is 0 Å². The fourth-order valence-corrected chi connectivity index (χ4v) is 5.42. The van der Waals surface area contributed by atoms with Gasteiger partial charge in [-0.3, -0.25) is 9.59 Å². The van der Waals surface area contributed by atoms with Crippen molar-refractivity contribution < 1.29 is 19.1 Å². The molecular weight excluding hydrogens is 514 g/mol. The summed E-state index contributed by atoms with van der Waals surface area (Å²) in [7, 11) is 0. The van der Waals surface area contributed by atoms with Crippen molar-refractivity contribution in [1.29, 1.82) is 0 Å². The average Bonchev–Trinajstić information content (AvgIpc) is 3.46. The predicted molar refractivity (Wildman–Crippen MR) is 160 cm³/mol. The van der Waals surface area contributed by atoms with Gasteiger partial charge in [0.15, 0.2) is 11.5 Å². The van der Waals surface area contributed by atoms with Crippen LogP contribution in [0.1, 0.15) is 70.5 Å². The molecule has 3 aromatic rings. The molecule has 5 rings (SSSR count). The van der Waals surface area contributed by atoms with Gasteiger partial charge in [0, 0.05) is 43.3 Å². The summed E-state index contributed by atoms with van der Waals surface area (Å²) in [5.74, 6) is 2.04. The second-order valence-corrected chi connectivity index (χ2v) is 11.6. The first kappa shape index (κ1) is 28.7. The number of piperidine rings is 1. The minimum Gasteiger partial charge on any atom is -0.454 e. The van der Waals surface area contributed by atoms with Gasteiger partial charge < -0.3 is 24.6 Å². The van der Waals surface area contributed by atoms with E-state index >= 15 is 0 Å². The van der Waals surface area contributed by atoms with E-state index in [4.69, 9.17) is 9.47 Å². The molecule has 3 aromatic carbocycles. The Bertz CT molecular complexity index is 1330. The average molecular weight is 556 g/mol. The summed E-state index contributed by atoms with van der Waals surface area (Å²) in [5.41, 5.74) is 4.40. The number of hydrogen-bond donors (Lipinski definition) is 1. The third-order valence-electron chi connectivity index (χ3n) is 8.04. The van der Waals surface area contributed by atoms with Crippen molar-refractivity contribution in [2.75, 3.05) is 26.4 Å². The molecule has 0 spiro atoms. The van der Waals surface area contributed by atoms with Crippen molar-refractivity contribution >= 4 is 11.8 Å². The standard InChI is InChI=1S/C34H41N3O4/c1-24(2)14-17-36-18-15-30(16-19-36)37(34(39)29-9-4-25(3)5-10-29)22-26-6-11-28(12-7-26)33(38)35-21-27-8-13-31-32(20-27)41-23-40-31/h4-13,20,24,30H,14-19,21-23H2,1-3H3,(H,35,38). The van der Waals surface area contributed by atoms with Crippen molar-refractivity contribution in [2.24, 2.45) is 5.92 Å². The summed E-state index contributed by atoms with van der Waals surface area (Å²) < 4.78 is 10.8. The summed E-state index contributed by atoms with van der Waals surface area (Å²) in [6, 6.07) is 21.3. The van der Waals surface area contributed by atoms with Crippen LogP contribution in [0.2, 0.25) is 0 Å². The van der Waals surface area contributed by atoms with Gasteiger partial charge in [0.1, 0.15) is 0 Å². The Kier molecular flexibility index (Phi) is 9.24. The second-order valence-electron chi connectivity index (χ2n) is 11.6. The number of rotatable bonds is 10. The maximum absolute atomic E-state index is 13.8. The van der Waals surface area contributed by atoms with Crippen LogP contribution in [0.3, 0.4) is 0 Å². The Labute approximate surface area is 243 Å². The molecule has 1 N–H and O–H groups in total. The van der Waals surface area contributed by atoms with Crippen LogP contribution in [0.25, 0.3) is 0 Å². The highest BCUT2D eigenvalue weighted by molar-refractivity contribution is 5.95. The molecule has 2 aliphatic heterocycles. The van der Waals surface area contributed by atoms with E-state index in [1.807, 2.05) is 78.6 Å². The van der Waals surface area contributed by atoms with Crippen LogP contribution < -0.4 is 14.8 Å². The van der Waals surface area contributed by atoms with E-state index in [9.17, 15) is 9.59 Å². The lowest BCUT2D eigenvalue weighted by Crippen LogP contribution is -2.47. The third kappa shape index (κ3) is 7.47. The van der Waals surface area contributed by atoms with Gasteiger partial charge in [-0.1, -0.05) is 49.7 Å². The molecule has 2 aliphatic rings. The molecule has 0 bridgehead atoms. The SMILES string of the molecule is Cc1ccc(C(=O)N(Cc2ccc(C(=O)NCc3ccc4c(c3)OCO4)cc2)C2CCN(CCC(C)C)CC2)cc1. The van der Waals surface area contributed by atoms with Crippen molar-refractivity contribution in [3.05, 3.63) is 94.5 Å². The van der Waals surface area contributed by atoms with Gasteiger partial charge in [-0.15, -0.1) is 0 Å². The molecule has 2 heterocycles. The predicted octanol–water partition coefficient (Wildman–Crippen LogP) is 5.81. The largest absolute Gasteiger partial charge is 0.454 e. The number of likely N-dealkylation sites (tertiary alicyclic amines) is 1. The Morgan fingerprint density at radius 2 is 1.56 bits per heavy atom. The number of benzene rings is 3. The molecule has 7 nitrogen and oxygen atoms in total. The lowest BCUT2D eigenvalue weighted by atomic mass is 9.99. The van der Waals surface area contributed by atoms with Gasteiger partial charge in [-0.25, -0.2) is 0 Å². The number of nitrogens with one attached hydrogen (secondary N) is 1. The Hall–Kier alpha value is -3.84. The van der Waals surface area contributed by atoms with Crippen LogP contribution in [0.15, 0.2) is 66.7 Å². The fraction of sp³-hybridized carbons (Fsp3) is 0.412. The first-order chi connectivity index (χ1) is 19.9. The number of carbonyl (C=O) groups excluding carboxylic acids is 2. The number of carbonyl (C=O) groups is 2. The summed E-state index contributed by atoms with van der Waals surface area (Å²) in [4.78, 5) is 31.2. The molecule has 0 saturated carbocycles. The van der Waals surface area contributed by atoms with Crippen molar-refractivity contribution in [1.82, 2.24) is 15.1 Å².